The van der Waals surface area contributed by atoms with Crippen LogP contribution in [0.15, 0.2) is 30.5 Å². The number of likely N-dealkylation sites (tertiary alicyclic amines) is 1. The molecule has 5 rings (SSSR count). The van der Waals surface area contributed by atoms with Gasteiger partial charge in [0.05, 0.1) is 43.7 Å². The lowest BCUT2D eigenvalue weighted by Crippen LogP contribution is -2.29. The number of benzene rings is 1. The molecule has 1 aliphatic rings. The third-order valence-electron chi connectivity index (χ3n) is 6.00. The Balaban J connectivity index is 1.50. The fraction of sp³-hybridized carbons (Fsp3) is 0.240. The van der Waals surface area contributed by atoms with Gasteiger partial charge in [-0.3, -0.25) is 14.3 Å². The van der Waals surface area contributed by atoms with Crippen LogP contribution in [0.4, 0.5) is 9.18 Å². The highest BCUT2D eigenvalue weighted by atomic mass is 35.5. The number of hydrogen-bond donors (Lipinski definition) is 2. The van der Waals surface area contributed by atoms with Crippen molar-refractivity contribution in [3.8, 4) is 23.8 Å². The van der Waals surface area contributed by atoms with Crippen molar-refractivity contribution in [1.82, 2.24) is 19.8 Å². The smallest absolute Gasteiger partial charge is 0.327 e. The molecule has 0 saturated carbocycles. The molecule has 1 fully saturated rings. The van der Waals surface area contributed by atoms with E-state index in [2.05, 4.69) is 16.2 Å². The van der Waals surface area contributed by atoms with Crippen molar-refractivity contribution in [3.63, 3.8) is 0 Å². The van der Waals surface area contributed by atoms with Crippen molar-refractivity contribution in [2.24, 2.45) is 0 Å². The van der Waals surface area contributed by atoms with Gasteiger partial charge in [-0.05, 0) is 31.5 Å². The Morgan fingerprint density at radius 1 is 1.39 bits per heavy atom. The lowest BCUT2D eigenvalue weighted by Gasteiger charge is -2.13. The van der Waals surface area contributed by atoms with E-state index < -0.39 is 18.0 Å². The maximum absolute atomic E-state index is 15.6. The summed E-state index contributed by atoms with van der Waals surface area (Å²) in [4.78, 5) is 31.8. The van der Waals surface area contributed by atoms with Gasteiger partial charge in [-0.1, -0.05) is 17.5 Å². The molecule has 4 aromatic rings. The zero-order chi connectivity index (χ0) is 25.6. The summed E-state index contributed by atoms with van der Waals surface area (Å²) in [6, 6.07) is 5.68. The molecule has 3 aromatic heterocycles. The average molecular weight is 527 g/mol. The molecule has 4 heterocycles. The number of nitrogens with one attached hydrogen (secondary N) is 1. The van der Waals surface area contributed by atoms with Crippen LogP contribution in [-0.2, 0) is 0 Å². The quantitative estimate of drug-likeness (QED) is 0.381. The van der Waals surface area contributed by atoms with Crippen LogP contribution in [0, 0.1) is 25.1 Å². The van der Waals surface area contributed by atoms with Crippen molar-refractivity contribution in [2.45, 2.75) is 19.4 Å². The molecule has 2 amide bonds. The fourth-order valence-corrected chi connectivity index (χ4v) is 5.55. The summed E-state index contributed by atoms with van der Waals surface area (Å²) < 4.78 is 23.4. The summed E-state index contributed by atoms with van der Waals surface area (Å²) in [6.07, 6.45) is 6.74. The number of ether oxygens (including phenoxy) is 1. The van der Waals surface area contributed by atoms with E-state index in [1.807, 2.05) is 0 Å². The number of amides is 2. The van der Waals surface area contributed by atoms with E-state index in [4.69, 9.17) is 22.8 Å². The highest BCUT2D eigenvalue weighted by Crippen LogP contribution is 2.40. The lowest BCUT2D eigenvalue weighted by molar-refractivity contribution is 0.0769. The Hall–Kier alpha value is -3.65. The number of halogens is 2. The molecule has 0 unspecified atom stereocenters. The van der Waals surface area contributed by atoms with E-state index in [1.54, 1.807) is 30.0 Å². The Labute approximate surface area is 214 Å². The number of aliphatic hydroxyl groups is 1. The summed E-state index contributed by atoms with van der Waals surface area (Å²) in [5.74, 6) is 1.62. The number of nitrogens with zero attached hydrogens (tertiary/aromatic N) is 3. The maximum atomic E-state index is 15.6. The second kappa shape index (κ2) is 9.43. The summed E-state index contributed by atoms with van der Waals surface area (Å²) in [5, 5.41) is 12.4. The molecule has 1 aliphatic heterocycles. The molecule has 36 heavy (non-hydrogen) atoms. The Kier molecular flexibility index (Phi) is 6.30. The predicted molar refractivity (Wildman–Crippen MR) is 135 cm³/mol. The maximum Gasteiger partial charge on any atom is 0.327 e. The number of carbonyl (C=O) groups is 2. The van der Waals surface area contributed by atoms with Crippen LogP contribution in [0.2, 0.25) is 5.02 Å². The van der Waals surface area contributed by atoms with Crippen molar-refractivity contribution in [3.05, 3.63) is 51.9 Å². The molecule has 184 valence electrons. The van der Waals surface area contributed by atoms with E-state index in [0.29, 0.717) is 39.5 Å². The zero-order valence-electron chi connectivity index (χ0n) is 19.0. The average Bonchev–Trinajstić information content (AvgIpc) is 3.56. The Morgan fingerprint density at radius 2 is 2.19 bits per heavy atom. The van der Waals surface area contributed by atoms with Gasteiger partial charge in [-0.2, -0.15) is 0 Å². The lowest BCUT2D eigenvalue weighted by atomic mass is 10.2. The van der Waals surface area contributed by atoms with Crippen LogP contribution in [0.25, 0.3) is 21.1 Å². The van der Waals surface area contributed by atoms with Gasteiger partial charge in [-0.15, -0.1) is 17.8 Å². The summed E-state index contributed by atoms with van der Waals surface area (Å²) in [6.45, 7) is 2.39. The van der Waals surface area contributed by atoms with Gasteiger partial charge in [0.2, 0.25) is 0 Å². The molecule has 8 nitrogen and oxygen atoms in total. The van der Waals surface area contributed by atoms with Gasteiger partial charge in [0.1, 0.15) is 5.75 Å². The first kappa shape index (κ1) is 24.1. The van der Waals surface area contributed by atoms with Gasteiger partial charge in [0.25, 0.3) is 5.91 Å². The van der Waals surface area contributed by atoms with Crippen molar-refractivity contribution < 1.29 is 23.8 Å². The number of fused-ring (bicyclic) bond motifs is 2. The van der Waals surface area contributed by atoms with E-state index in [9.17, 15) is 14.7 Å². The number of aromatic nitrogens is 2. The molecular formula is C25H20ClFN4O4S. The van der Waals surface area contributed by atoms with E-state index >= 15 is 4.39 Å². The zero-order valence-corrected chi connectivity index (χ0v) is 20.6. The standard InChI is InChI=1S/C25H20ClFN4O4S/c1-3-8-29-25(34)31-13(2)21(26)20-16(31)4-5-17(22(20)27)35-18-6-9-28-15-11-19(36-23(15)18)24(33)30-10-7-14(32)12-30/h1,4-6,9,11,14,32H,7-8,10,12H2,2H3,(H,29,34)/t14-/m0/s1. The summed E-state index contributed by atoms with van der Waals surface area (Å²) in [5.41, 5.74) is 1.16. The molecule has 0 aliphatic carbocycles. The molecule has 0 spiro atoms. The largest absolute Gasteiger partial charge is 0.453 e. The number of thiophene rings is 1. The minimum atomic E-state index is -0.729. The second-order valence-electron chi connectivity index (χ2n) is 8.30. The van der Waals surface area contributed by atoms with Crippen LogP contribution in [-0.4, -0.2) is 57.2 Å². The molecule has 11 heteroatoms. The Morgan fingerprint density at radius 3 is 2.92 bits per heavy atom. The molecule has 1 atom stereocenters. The first-order valence-corrected chi connectivity index (χ1v) is 12.2. The number of β-amino-alcohol motifs (C(OH)–C–C–N with tert-alkyl or cyclic N) is 1. The predicted octanol–water partition coefficient (Wildman–Crippen LogP) is 4.54. The van der Waals surface area contributed by atoms with E-state index in [1.165, 1.54) is 28.2 Å². The van der Waals surface area contributed by atoms with Crippen LogP contribution in [0.5, 0.6) is 11.5 Å². The van der Waals surface area contributed by atoms with Crippen LogP contribution in [0.1, 0.15) is 21.8 Å². The van der Waals surface area contributed by atoms with Crippen molar-refractivity contribution in [1.29, 1.82) is 0 Å². The number of pyridine rings is 1. The van der Waals surface area contributed by atoms with E-state index in [-0.39, 0.29) is 40.7 Å². The van der Waals surface area contributed by atoms with Crippen LogP contribution < -0.4 is 10.1 Å². The minimum Gasteiger partial charge on any atom is -0.453 e. The van der Waals surface area contributed by atoms with E-state index in [0.717, 1.165) is 0 Å². The molecule has 0 radical (unpaired) electrons. The molecule has 1 aromatic carbocycles. The number of hydrogen-bond acceptors (Lipinski definition) is 6. The van der Waals surface area contributed by atoms with Crippen molar-refractivity contribution >= 4 is 56.0 Å². The van der Waals surface area contributed by atoms with Crippen LogP contribution >= 0.6 is 22.9 Å². The highest BCUT2D eigenvalue weighted by Gasteiger charge is 2.27. The SMILES string of the molecule is C#CCNC(=O)n1c(C)c(Cl)c2c(F)c(Oc3ccnc4cc(C(=O)N5CC[C@H](O)C5)sc34)ccc21. The topological polar surface area (TPSA) is 96.7 Å². The second-order valence-corrected chi connectivity index (χ2v) is 9.73. The van der Waals surface area contributed by atoms with Crippen molar-refractivity contribution in [2.75, 3.05) is 19.6 Å². The van der Waals surface area contributed by atoms with Gasteiger partial charge in [0, 0.05) is 31.0 Å². The summed E-state index contributed by atoms with van der Waals surface area (Å²) in [7, 11) is 0. The summed E-state index contributed by atoms with van der Waals surface area (Å²) >= 11 is 7.59. The fourth-order valence-electron chi connectivity index (χ4n) is 4.25. The number of rotatable bonds is 4. The third kappa shape index (κ3) is 4.05. The Bertz CT molecular complexity index is 1570. The molecule has 0 bridgehead atoms. The third-order valence-corrected chi connectivity index (χ3v) is 7.59. The van der Waals surface area contributed by atoms with Gasteiger partial charge >= 0.3 is 6.03 Å². The van der Waals surface area contributed by atoms with Gasteiger partial charge < -0.3 is 20.1 Å². The normalized spacial score (nSPS) is 15.4. The first-order valence-electron chi connectivity index (χ1n) is 11.0. The van der Waals surface area contributed by atoms with Gasteiger partial charge in [0.15, 0.2) is 11.6 Å². The molecule has 1 saturated heterocycles. The minimum absolute atomic E-state index is 0.0148. The number of terminal acetylenes is 1. The number of carbonyl (C=O) groups excluding carboxylic acids is 2. The van der Waals surface area contributed by atoms with Gasteiger partial charge in [-0.25, -0.2) is 9.18 Å². The number of aliphatic hydroxyl groups excluding tert-OH is 1. The van der Waals surface area contributed by atoms with Crippen LogP contribution in [0.3, 0.4) is 0 Å². The first-order chi connectivity index (χ1) is 17.3. The monoisotopic (exact) mass is 526 g/mol. The molecule has 2 N–H and O–H groups in total. The highest BCUT2D eigenvalue weighted by molar-refractivity contribution is 7.21. The molecular weight excluding hydrogens is 507 g/mol.